The number of thiazole rings is 1. The van der Waals surface area contributed by atoms with Crippen LogP contribution in [0, 0.1) is 0 Å². The van der Waals surface area contributed by atoms with Gasteiger partial charge in [0.05, 0.1) is 21.4 Å². The molecule has 1 aliphatic carbocycles. The van der Waals surface area contributed by atoms with E-state index >= 15 is 0 Å². The third kappa shape index (κ3) is 3.62. The predicted octanol–water partition coefficient (Wildman–Crippen LogP) is 6.63. The van der Waals surface area contributed by atoms with Gasteiger partial charge < -0.3 is 5.32 Å². The van der Waals surface area contributed by atoms with Gasteiger partial charge in [-0.3, -0.25) is 0 Å². The molecule has 0 atom stereocenters. The van der Waals surface area contributed by atoms with Gasteiger partial charge in [0.1, 0.15) is 0 Å². The molecule has 0 spiro atoms. The monoisotopic (exact) mass is 402 g/mol. The van der Waals surface area contributed by atoms with Gasteiger partial charge in [0.2, 0.25) is 0 Å². The highest BCUT2D eigenvalue weighted by molar-refractivity contribution is 7.10. The molecule has 0 saturated carbocycles. The van der Waals surface area contributed by atoms with E-state index in [4.69, 9.17) is 28.2 Å². The minimum atomic E-state index is 0.679. The van der Waals surface area contributed by atoms with Crippen molar-refractivity contribution in [3.63, 3.8) is 0 Å². The summed E-state index contributed by atoms with van der Waals surface area (Å²) in [6, 6.07) is 10.6. The van der Waals surface area contributed by atoms with Crippen LogP contribution in [0.4, 0.5) is 5.69 Å². The Labute approximate surface area is 168 Å². The second-order valence-electron chi connectivity index (χ2n) is 6.67. The maximum absolute atomic E-state index is 6.41. The average Bonchev–Trinajstić information content (AvgIpc) is 3.12. The number of fused-ring (bicyclic) bond motifs is 1. The molecule has 134 valence electrons. The van der Waals surface area contributed by atoms with E-state index in [1.165, 1.54) is 42.4 Å². The van der Waals surface area contributed by atoms with Crippen molar-refractivity contribution in [1.29, 1.82) is 0 Å². The maximum Gasteiger partial charge on any atom is 0.0977 e. The van der Waals surface area contributed by atoms with Crippen LogP contribution in [0.5, 0.6) is 0 Å². The van der Waals surface area contributed by atoms with E-state index in [9.17, 15) is 0 Å². The van der Waals surface area contributed by atoms with Crippen molar-refractivity contribution in [1.82, 2.24) is 4.98 Å². The molecule has 0 saturated heterocycles. The van der Waals surface area contributed by atoms with Gasteiger partial charge >= 0.3 is 0 Å². The molecule has 1 N–H and O–H groups in total. The summed E-state index contributed by atoms with van der Waals surface area (Å²) < 4.78 is 0. The number of anilines is 1. The summed E-state index contributed by atoms with van der Waals surface area (Å²) in [6.07, 6.45) is 5.69. The number of benzene rings is 2. The molecule has 3 aromatic rings. The minimum Gasteiger partial charge on any atom is -0.387 e. The second-order valence-corrected chi connectivity index (χ2v) is 8.42. The topological polar surface area (TPSA) is 24.9 Å². The first kappa shape index (κ1) is 17.8. The van der Waals surface area contributed by atoms with Crippen LogP contribution < -0.4 is 5.32 Å². The lowest BCUT2D eigenvalue weighted by Gasteiger charge is -2.16. The van der Waals surface area contributed by atoms with Crippen LogP contribution in [-0.2, 0) is 19.3 Å². The Morgan fingerprint density at radius 2 is 1.85 bits per heavy atom. The third-order valence-corrected chi connectivity index (χ3v) is 6.46. The summed E-state index contributed by atoms with van der Waals surface area (Å²) in [5.41, 5.74) is 7.09. The number of rotatable bonds is 4. The molecular formula is C21H20Cl2N2S. The fourth-order valence-electron chi connectivity index (χ4n) is 3.50. The fourth-order valence-corrected chi connectivity index (χ4v) is 4.83. The lowest BCUT2D eigenvalue weighted by atomic mass is 9.90. The van der Waals surface area contributed by atoms with Gasteiger partial charge in [0.25, 0.3) is 0 Å². The van der Waals surface area contributed by atoms with Crippen LogP contribution >= 0.6 is 34.5 Å². The zero-order chi connectivity index (χ0) is 18.1. The molecule has 4 rings (SSSR count). The first-order chi connectivity index (χ1) is 12.6. The first-order valence-corrected chi connectivity index (χ1v) is 10.5. The van der Waals surface area contributed by atoms with E-state index in [2.05, 4.69) is 28.9 Å². The third-order valence-electron chi connectivity index (χ3n) is 4.94. The second kappa shape index (κ2) is 7.59. The van der Waals surface area contributed by atoms with Gasteiger partial charge in [-0.15, -0.1) is 11.3 Å². The molecule has 0 unspecified atom stereocenters. The molecule has 2 aromatic carbocycles. The number of halogens is 2. The Kier molecular flexibility index (Phi) is 5.21. The number of nitrogens with zero attached hydrogens (tertiary/aromatic N) is 1. The number of aromatic nitrogens is 1. The maximum atomic E-state index is 6.41. The van der Waals surface area contributed by atoms with Crippen molar-refractivity contribution in [2.45, 2.75) is 32.1 Å². The Bertz CT molecular complexity index is 949. The smallest absolute Gasteiger partial charge is 0.0977 e. The highest BCUT2D eigenvalue weighted by atomic mass is 35.5. The molecule has 1 aliphatic rings. The van der Waals surface area contributed by atoms with E-state index in [1.807, 2.05) is 19.2 Å². The molecular weight excluding hydrogens is 383 g/mol. The van der Waals surface area contributed by atoms with Crippen LogP contribution in [0.3, 0.4) is 0 Å². The molecule has 0 fully saturated rings. The van der Waals surface area contributed by atoms with E-state index in [0.717, 1.165) is 22.0 Å². The van der Waals surface area contributed by atoms with E-state index in [1.54, 1.807) is 11.3 Å². The van der Waals surface area contributed by atoms with Gasteiger partial charge in [0.15, 0.2) is 0 Å². The first-order valence-electron chi connectivity index (χ1n) is 8.86. The van der Waals surface area contributed by atoms with Crippen molar-refractivity contribution in [2.24, 2.45) is 0 Å². The number of hydrogen-bond donors (Lipinski definition) is 1. The SMILES string of the molecule is CNc1cc(Cl)c(Cc2nc(-c3ccc4c(c3)CCCC4)cs2)cc1Cl. The molecule has 0 aliphatic heterocycles. The predicted molar refractivity (Wildman–Crippen MR) is 113 cm³/mol. The quantitative estimate of drug-likeness (QED) is 0.529. The van der Waals surface area contributed by atoms with Gasteiger partial charge in [-0.2, -0.15) is 0 Å². The summed E-state index contributed by atoms with van der Waals surface area (Å²) in [6.45, 7) is 0. The van der Waals surface area contributed by atoms with Crippen molar-refractivity contribution in [3.05, 3.63) is 67.5 Å². The molecule has 5 heteroatoms. The molecule has 26 heavy (non-hydrogen) atoms. The van der Waals surface area contributed by atoms with Gasteiger partial charge in [-0.05, 0) is 60.6 Å². The number of nitrogens with one attached hydrogen (secondary N) is 1. The zero-order valence-electron chi connectivity index (χ0n) is 14.6. The van der Waals surface area contributed by atoms with Crippen molar-refractivity contribution in [3.8, 4) is 11.3 Å². The van der Waals surface area contributed by atoms with Gasteiger partial charge in [-0.1, -0.05) is 35.3 Å². The summed E-state index contributed by atoms with van der Waals surface area (Å²) in [7, 11) is 1.84. The van der Waals surface area contributed by atoms with E-state index < -0.39 is 0 Å². The van der Waals surface area contributed by atoms with E-state index in [0.29, 0.717) is 16.5 Å². The van der Waals surface area contributed by atoms with Gasteiger partial charge in [0, 0.05) is 29.4 Å². The standard InChI is InChI=1S/C21H20Cl2N2S/c1-24-19-11-17(22)16(9-18(19)23)10-21-25-20(12-26-21)15-7-6-13-4-2-3-5-14(13)8-15/h6-9,11-12,24H,2-5,10H2,1H3. The summed E-state index contributed by atoms with van der Waals surface area (Å²) in [4.78, 5) is 4.84. The van der Waals surface area contributed by atoms with E-state index in [-0.39, 0.29) is 0 Å². The molecule has 1 aromatic heterocycles. The summed E-state index contributed by atoms with van der Waals surface area (Å²) in [5.74, 6) is 0. The summed E-state index contributed by atoms with van der Waals surface area (Å²) in [5, 5.41) is 7.62. The molecule has 0 amide bonds. The lowest BCUT2D eigenvalue weighted by molar-refractivity contribution is 0.686. The van der Waals surface area contributed by atoms with Crippen LogP contribution in [-0.4, -0.2) is 12.0 Å². The normalized spacial score (nSPS) is 13.5. The molecule has 1 heterocycles. The highest BCUT2D eigenvalue weighted by Gasteiger charge is 2.13. The van der Waals surface area contributed by atoms with Crippen LogP contribution in [0.25, 0.3) is 11.3 Å². The van der Waals surface area contributed by atoms with Crippen molar-refractivity contribution < 1.29 is 0 Å². The molecule has 2 nitrogen and oxygen atoms in total. The Morgan fingerprint density at radius 1 is 1.04 bits per heavy atom. The van der Waals surface area contributed by atoms with Crippen molar-refractivity contribution >= 4 is 40.2 Å². The largest absolute Gasteiger partial charge is 0.387 e. The molecule has 0 bridgehead atoms. The number of hydrogen-bond acceptors (Lipinski definition) is 3. The zero-order valence-corrected chi connectivity index (χ0v) is 16.9. The number of aryl methyl sites for hydroxylation is 2. The van der Waals surface area contributed by atoms with Gasteiger partial charge in [-0.25, -0.2) is 4.98 Å². The Hall–Kier alpha value is -1.55. The van der Waals surface area contributed by atoms with Crippen molar-refractivity contribution in [2.75, 3.05) is 12.4 Å². The minimum absolute atomic E-state index is 0.679. The lowest BCUT2D eigenvalue weighted by Crippen LogP contribution is -2.02. The fraction of sp³-hybridized carbons (Fsp3) is 0.286. The van der Waals surface area contributed by atoms with Crippen LogP contribution in [0.1, 0.15) is 34.5 Å². The van der Waals surface area contributed by atoms with Crippen LogP contribution in [0.15, 0.2) is 35.7 Å². The molecule has 0 radical (unpaired) electrons. The average molecular weight is 403 g/mol. The summed E-state index contributed by atoms with van der Waals surface area (Å²) >= 11 is 14.4. The Morgan fingerprint density at radius 3 is 2.65 bits per heavy atom. The van der Waals surface area contributed by atoms with Crippen LogP contribution in [0.2, 0.25) is 10.0 Å². The Balaban J connectivity index is 1.58. The highest BCUT2D eigenvalue weighted by Crippen LogP contribution is 2.32.